The molecule has 0 bridgehead atoms. The van der Waals surface area contributed by atoms with Gasteiger partial charge in [0.1, 0.15) is 11.4 Å². The van der Waals surface area contributed by atoms with E-state index < -0.39 is 17.3 Å². The normalized spacial score (nSPS) is 27.4. The van der Waals surface area contributed by atoms with Gasteiger partial charge in [0.05, 0.1) is 16.6 Å². The van der Waals surface area contributed by atoms with Crippen LogP contribution >= 0.6 is 23.2 Å². The van der Waals surface area contributed by atoms with Crippen LogP contribution in [-0.4, -0.2) is 39.0 Å². The van der Waals surface area contributed by atoms with Gasteiger partial charge in [0, 0.05) is 64.3 Å². The van der Waals surface area contributed by atoms with E-state index in [9.17, 15) is 9.59 Å². The first-order valence-corrected chi connectivity index (χ1v) is 16.5. The Morgan fingerprint density at radius 2 is 1.89 bits per heavy atom. The Kier molecular flexibility index (Phi) is 5.92. The summed E-state index contributed by atoms with van der Waals surface area (Å²) < 4.78 is 18.3. The van der Waals surface area contributed by atoms with Gasteiger partial charge in [-0.05, 0) is 67.3 Å². The maximum atomic E-state index is 16.2. The minimum absolute atomic E-state index is 0.0315. The van der Waals surface area contributed by atoms with E-state index in [0.29, 0.717) is 46.5 Å². The maximum Gasteiger partial charge on any atom is 0.250 e. The molecular weight excluding hydrogens is 598 g/mol. The first kappa shape index (κ1) is 27.1. The van der Waals surface area contributed by atoms with Crippen molar-refractivity contribution in [2.75, 3.05) is 11.9 Å². The Balaban J connectivity index is 1.26. The maximum absolute atomic E-state index is 16.2. The third kappa shape index (κ3) is 3.72. The largest absolute Gasteiger partial charge is 0.324 e. The Bertz CT molecular complexity index is 1900. The summed E-state index contributed by atoms with van der Waals surface area (Å²) in [7, 11) is 0. The monoisotopic (exact) mass is 628 g/mol. The average Bonchev–Trinajstić information content (AvgIpc) is 3.40. The highest BCUT2D eigenvalue weighted by Gasteiger charge is 2.69. The van der Waals surface area contributed by atoms with Crippen molar-refractivity contribution >= 4 is 51.5 Å². The number of amides is 1. The standard InChI is InChI=1S/C35H31Cl2FN4O2/c36-21-10-12-24-27(15-21)39-34(44)35(24)31(23-5-2-6-25(37)32(23)38)33-29(41(35)17-19-3-1-4-19)16-28-22-11-9-20(14-26(22)40-42(28)33)30(43)13-18-7-8-18/h2,5-6,9-12,14-15,18-19,29,31,33H,1,3-4,7-8,13,16-17H2,(H,39,44)/t29-,31-,33+,35+/m0/s1. The summed E-state index contributed by atoms with van der Waals surface area (Å²) in [6.45, 7) is 0.734. The number of carbonyl (C=O) groups is 2. The molecule has 2 aliphatic carbocycles. The zero-order valence-electron chi connectivity index (χ0n) is 24.0. The van der Waals surface area contributed by atoms with Crippen LogP contribution < -0.4 is 5.32 Å². The number of aromatic nitrogens is 2. The van der Waals surface area contributed by atoms with Crippen LogP contribution in [0, 0.1) is 17.7 Å². The topological polar surface area (TPSA) is 67.2 Å². The number of ketones is 1. The summed E-state index contributed by atoms with van der Waals surface area (Å²) in [4.78, 5) is 29.9. The fourth-order valence-corrected chi connectivity index (χ4v) is 8.95. The minimum atomic E-state index is -1.17. The van der Waals surface area contributed by atoms with Gasteiger partial charge in [0.15, 0.2) is 5.78 Å². The molecular formula is C35H31Cl2FN4O2. The molecule has 3 aromatic carbocycles. The number of carbonyl (C=O) groups excluding carboxylic acids is 2. The molecule has 44 heavy (non-hydrogen) atoms. The molecule has 6 nitrogen and oxygen atoms in total. The SMILES string of the molecule is O=C(CC1CC1)c1ccc2c3n(nc2c1)[C@@H]1[C@H](C3)N(CC2CCC2)[C@@]2(C(=O)Nc3cc(Cl)ccc32)[C@H]1c1cccc(Cl)c1F. The summed E-state index contributed by atoms with van der Waals surface area (Å²) in [5, 5.41) is 9.84. The van der Waals surface area contributed by atoms with Crippen LogP contribution in [0.5, 0.6) is 0 Å². The zero-order chi connectivity index (χ0) is 29.9. The first-order chi connectivity index (χ1) is 21.3. The minimum Gasteiger partial charge on any atom is -0.324 e. The Morgan fingerprint density at radius 3 is 2.66 bits per heavy atom. The van der Waals surface area contributed by atoms with Gasteiger partial charge in [-0.2, -0.15) is 5.10 Å². The van der Waals surface area contributed by atoms with Crippen LogP contribution in [0.15, 0.2) is 54.6 Å². The van der Waals surface area contributed by atoms with E-state index in [2.05, 4.69) is 10.2 Å². The molecule has 3 aliphatic heterocycles. The highest BCUT2D eigenvalue weighted by atomic mass is 35.5. The third-order valence-electron chi connectivity index (χ3n) is 11.0. The van der Waals surface area contributed by atoms with Gasteiger partial charge < -0.3 is 5.32 Å². The van der Waals surface area contributed by atoms with E-state index in [4.69, 9.17) is 28.3 Å². The smallest absolute Gasteiger partial charge is 0.250 e. The predicted octanol–water partition coefficient (Wildman–Crippen LogP) is 7.68. The van der Waals surface area contributed by atoms with Crippen LogP contribution in [0.3, 0.4) is 0 Å². The van der Waals surface area contributed by atoms with Crippen LogP contribution in [0.2, 0.25) is 10.0 Å². The number of anilines is 1. The number of halogens is 3. The molecule has 1 saturated heterocycles. The first-order valence-electron chi connectivity index (χ1n) is 15.7. The number of nitrogens with one attached hydrogen (secondary N) is 1. The number of rotatable bonds is 6. The van der Waals surface area contributed by atoms with E-state index in [1.54, 1.807) is 24.3 Å². The number of nitrogens with zero attached hydrogens (tertiary/aromatic N) is 3. The molecule has 1 aromatic heterocycles. The molecule has 2 saturated carbocycles. The lowest BCUT2D eigenvalue weighted by atomic mass is 9.73. The molecule has 4 heterocycles. The van der Waals surface area contributed by atoms with E-state index in [-0.39, 0.29) is 28.8 Å². The molecule has 224 valence electrons. The summed E-state index contributed by atoms with van der Waals surface area (Å²) in [6.07, 6.45) is 6.90. The fourth-order valence-electron chi connectivity index (χ4n) is 8.60. The van der Waals surface area contributed by atoms with Crippen molar-refractivity contribution in [3.8, 4) is 0 Å². The molecule has 3 fully saturated rings. The van der Waals surface area contributed by atoms with Gasteiger partial charge in [-0.15, -0.1) is 0 Å². The van der Waals surface area contributed by atoms with Crippen molar-refractivity contribution in [1.82, 2.24) is 14.7 Å². The van der Waals surface area contributed by atoms with Gasteiger partial charge in [-0.1, -0.05) is 60.0 Å². The van der Waals surface area contributed by atoms with Gasteiger partial charge in [-0.25, -0.2) is 4.39 Å². The molecule has 0 unspecified atom stereocenters. The van der Waals surface area contributed by atoms with Crippen LogP contribution in [-0.2, 0) is 16.8 Å². The van der Waals surface area contributed by atoms with E-state index in [0.717, 1.165) is 54.4 Å². The molecule has 9 rings (SSSR count). The van der Waals surface area contributed by atoms with Gasteiger partial charge >= 0.3 is 0 Å². The molecule has 0 radical (unpaired) electrons. The Labute approximate surface area is 264 Å². The lowest BCUT2D eigenvalue weighted by Gasteiger charge is -2.43. The van der Waals surface area contributed by atoms with E-state index >= 15 is 4.39 Å². The van der Waals surface area contributed by atoms with Crippen molar-refractivity contribution in [3.63, 3.8) is 0 Å². The highest BCUT2D eigenvalue weighted by molar-refractivity contribution is 6.31. The molecule has 1 spiro atoms. The predicted molar refractivity (Wildman–Crippen MR) is 168 cm³/mol. The van der Waals surface area contributed by atoms with Crippen molar-refractivity contribution < 1.29 is 14.0 Å². The number of Topliss-reactive ketones (excluding diaryl/α,β-unsaturated/α-hetero) is 1. The Morgan fingerprint density at radius 1 is 1.05 bits per heavy atom. The number of benzene rings is 3. The molecule has 5 aliphatic rings. The Hall–Kier alpha value is -3.26. The lowest BCUT2D eigenvalue weighted by Crippen LogP contribution is -2.54. The third-order valence-corrected chi connectivity index (χ3v) is 11.5. The zero-order valence-corrected chi connectivity index (χ0v) is 25.5. The van der Waals surface area contributed by atoms with Crippen LogP contribution in [0.1, 0.15) is 77.7 Å². The average molecular weight is 630 g/mol. The molecule has 4 aromatic rings. The number of hydrogen-bond acceptors (Lipinski definition) is 4. The highest BCUT2D eigenvalue weighted by Crippen LogP contribution is 2.64. The van der Waals surface area contributed by atoms with Gasteiger partial charge in [0.2, 0.25) is 5.91 Å². The second-order valence-corrected chi connectivity index (χ2v) is 14.3. The summed E-state index contributed by atoms with van der Waals surface area (Å²) in [6, 6.07) is 16.1. The quantitative estimate of drug-likeness (QED) is 0.222. The van der Waals surface area contributed by atoms with Crippen LogP contribution in [0.4, 0.5) is 10.1 Å². The number of fused-ring (bicyclic) bond motifs is 7. The molecule has 1 amide bonds. The van der Waals surface area contributed by atoms with Crippen molar-refractivity contribution in [1.29, 1.82) is 0 Å². The number of hydrogen-bond donors (Lipinski definition) is 1. The van der Waals surface area contributed by atoms with Crippen molar-refractivity contribution in [3.05, 3.63) is 92.8 Å². The second kappa shape index (κ2) is 9.62. The molecule has 4 atom stereocenters. The van der Waals surface area contributed by atoms with Gasteiger partial charge in [0.25, 0.3) is 0 Å². The van der Waals surface area contributed by atoms with E-state index in [1.165, 1.54) is 6.42 Å². The van der Waals surface area contributed by atoms with Crippen molar-refractivity contribution in [2.45, 2.75) is 68.5 Å². The van der Waals surface area contributed by atoms with E-state index in [1.807, 2.05) is 35.0 Å². The molecule has 9 heteroatoms. The summed E-state index contributed by atoms with van der Waals surface area (Å²) in [5.41, 5.74) is 3.23. The number of likely N-dealkylation sites (tertiary alicyclic amines) is 1. The summed E-state index contributed by atoms with van der Waals surface area (Å²) >= 11 is 12.8. The second-order valence-electron chi connectivity index (χ2n) is 13.4. The fraction of sp³-hybridized carbons (Fsp3) is 0.400. The summed E-state index contributed by atoms with van der Waals surface area (Å²) in [5.74, 6) is -0.158. The van der Waals surface area contributed by atoms with Crippen molar-refractivity contribution in [2.24, 2.45) is 11.8 Å². The molecule has 1 N–H and O–H groups in total. The van der Waals surface area contributed by atoms with Gasteiger partial charge in [-0.3, -0.25) is 19.2 Å². The lowest BCUT2D eigenvalue weighted by molar-refractivity contribution is -0.128. The van der Waals surface area contributed by atoms with Crippen LogP contribution in [0.25, 0.3) is 10.9 Å².